The van der Waals surface area contributed by atoms with Gasteiger partial charge < -0.3 is 5.32 Å². The van der Waals surface area contributed by atoms with Gasteiger partial charge in [0.05, 0.1) is 0 Å². The predicted molar refractivity (Wildman–Crippen MR) is 43.4 cm³/mol. The summed E-state index contributed by atoms with van der Waals surface area (Å²) in [6.45, 7) is 5.99. The zero-order valence-electron chi connectivity index (χ0n) is 6.68. The van der Waals surface area contributed by atoms with Gasteiger partial charge in [0.15, 0.2) is 0 Å². The van der Waals surface area contributed by atoms with Gasteiger partial charge in [-0.25, -0.2) is 9.98 Å². The van der Waals surface area contributed by atoms with Gasteiger partial charge in [0.2, 0.25) is 0 Å². The second-order valence-corrected chi connectivity index (χ2v) is 2.44. The fourth-order valence-corrected chi connectivity index (χ4v) is 0.996. The summed E-state index contributed by atoms with van der Waals surface area (Å²) in [4.78, 5) is 8.41. The van der Waals surface area contributed by atoms with Crippen LogP contribution in [0, 0.1) is 0 Å². The van der Waals surface area contributed by atoms with Crippen molar-refractivity contribution in [1.82, 2.24) is 5.32 Å². The molecule has 0 aliphatic carbocycles. The van der Waals surface area contributed by atoms with Gasteiger partial charge in [-0.2, -0.15) is 0 Å². The Hall–Kier alpha value is -0.860. The Balaban J connectivity index is 2.67. The van der Waals surface area contributed by atoms with Crippen molar-refractivity contribution in [2.24, 2.45) is 9.98 Å². The lowest BCUT2D eigenvalue weighted by Gasteiger charge is -2.17. The lowest BCUT2D eigenvalue weighted by atomic mass is 10.3. The zero-order valence-corrected chi connectivity index (χ0v) is 6.68. The van der Waals surface area contributed by atoms with Crippen LogP contribution in [0.15, 0.2) is 9.98 Å². The second kappa shape index (κ2) is 2.82. The van der Waals surface area contributed by atoms with Gasteiger partial charge in [0, 0.05) is 0 Å². The summed E-state index contributed by atoms with van der Waals surface area (Å²) in [6, 6.07) is 0. The third-order valence-electron chi connectivity index (χ3n) is 1.43. The van der Waals surface area contributed by atoms with Crippen LogP contribution >= 0.6 is 0 Å². The largest absolute Gasteiger partial charge is 0.352 e. The van der Waals surface area contributed by atoms with Crippen LogP contribution in [0.25, 0.3) is 0 Å². The van der Waals surface area contributed by atoms with E-state index in [1.807, 2.05) is 13.8 Å². The monoisotopic (exact) mass is 139 g/mol. The Kier molecular flexibility index (Phi) is 2.04. The van der Waals surface area contributed by atoms with Gasteiger partial charge in [-0.3, -0.25) is 0 Å². The lowest BCUT2D eigenvalue weighted by molar-refractivity contribution is 0.606. The Morgan fingerprint density at radius 3 is 2.70 bits per heavy atom. The van der Waals surface area contributed by atoms with E-state index < -0.39 is 0 Å². The van der Waals surface area contributed by atoms with Crippen molar-refractivity contribution in [1.29, 1.82) is 0 Å². The Bertz CT molecular complexity index is 181. The van der Waals surface area contributed by atoms with Crippen LogP contribution in [-0.4, -0.2) is 17.8 Å². The Labute approximate surface area is 61.3 Å². The van der Waals surface area contributed by atoms with E-state index in [9.17, 15) is 0 Å². The van der Waals surface area contributed by atoms with Crippen molar-refractivity contribution in [3.63, 3.8) is 0 Å². The minimum Gasteiger partial charge on any atom is -0.352 e. The van der Waals surface area contributed by atoms with Crippen molar-refractivity contribution < 1.29 is 0 Å². The maximum absolute atomic E-state index is 4.27. The zero-order chi connectivity index (χ0) is 7.56. The first kappa shape index (κ1) is 7.25. The lowest BCUT2D eigenvalue weighted by Crippen LogP contribution is -2.35. The van der Waals surface area contributed by atoms with Crippen molar-refractivity contribution in [2.45, 2.75) is 33.4 Å². The highest BCUT2D eigenvalue weighted by Crippen LogP contribution is 1.99. The van der Waals surface area contributed by atoms with E-state index in [2.05, 4.69) is 22.2 Å². The number of aliphatic imine (C=N–C) groups is 2. The summed E-state index contributed by atoms with van der Waals surface area (Å²) in [5, 5.41) is 3.16. The maximum Gasteiger partial charge on any atom is 0.124 e. The standard InChI is InChI=1S/C7H13N3/c1-4-7-9-5(2)8-6(3)10-7/h7H,4H2,1-3H3,(H,8,9,10). The van der Waals surface area contributed by atoms with Gasteiger partial charge in [-0.05, 0) is 20.3 Å². The van der Waals surface area contributed by atoms with Crippen LogP contribution in [0.2, 0.25) is 0 Å². The molecule has 56 valence electrons. The average Bonchev–Trinajstić information content (AvgIpc) is 1.85. The van der Waals surface area contributed by atoms with Gasteiger partial charge in [0.25, 0.3) is 0 Å². The third-order valence-corrected chi connectivity index (χ3v) is 1.43. The molecule has 0 aromatic rings. The first-order chi connectivity index (χ1) is 4.72. The molecule has 0 aromatic heterocycles. The first-order valence-electron chi connectivity index (χ1n) is 3.58. The molecular weight excluding hydrogens is 126 g/mol. The highest BCUT2D eigenvalue weighted by molar-refractivity contribution is 5.96. The van der Waals surface area contributed by atoms with Crippen LogP contribution in [0.3, 0.4) is 0 Å². The summed E-state index contributed by atoms with van der Waals surface area (Å²) in [7, 11) is 0. The van der Waals surface area contributed by atoms with Crippen LogP contribution in [0.1, 0.15) is 27.2 Å². The quantitative estimate of drug-likeness (QED) is 0.581. The Morgan fingerprint density at radius 2 is 2.20 bits per heavy atom. The molecule has 0 bridgehead atoms. The number of nitrogens with zero attached hydrogens (tertiary/aromatic N) is 2. The smallest absolute Gasteiger partial charge is 0.124 e. The Morgan fingerprint density at radius 1 is 1.50 bits per heavy atom. The van der Waals surface area contributed by atoms with Crippen molar-refractivity contribution in [2.75, 3.05) is 0 Å². The summed E-state index contributed by atoms with van der Waals surface area (Å²) in [5.74, 6) is 1.85. The van der Waals surface area contributed by atoms with E-state index in [-0.39, 0.29) is 6.17 Å². The molecular formula is C7H13N3. The second-order valence-electron chi connectivity index (χ2n) is 2.44. The van der Waals surface area contributed by atoms with Crippen molar-refractivity contribution in [3.8, 4) is 0 Å². The molecule has 0 fully saturated rings. The van der Waals surface area contributed by atoms with Crippen LogP contribution in [-0.2, 0) is 0 Å². The minimum absolute atomic E-state index is 0.248. The van der Waals surface area contributed by atoms with E-state index in [1.165, 1.54) is 0 Å². The fraction of sp³-hybridized carbons (Fsp3) is 0.714. The van der Waals surface area contributed by atoms with Crippen LogP contribution in [0.4, 0.5) is 0 Å². The molecule has 1 atom stereocenters. The van der Waals surface area contributed by atoms with Crippen LogP contribution in [0.5, 0.6) is 0 Å². The number of amidine groups is 2. The van der Waals surface area contributed by atoms with Gasteiger partial charge in [0.1, 0.15) is 17.8 Å². The molecule has 0 amide bonds. The molecule has 0 saturated carbocycles. The van der Waals surface area contributed by atoms with Crippen LogP contribution < -0.4 is 5.32 Å². The van der Waals surface area contributed by atoms with E-state index >= 15 is 0 Å². The number of nitrogens with one attached hydrogen (secondary N) is 1. The predicted octanol–water partition coefficient (Wildman–Crippen LogP) is 1.16. The summed E-state index contributed by atoms with van der Waals surface area (Å²) < 4.78 is 0. The number of rotatable bonds is 1. The van der Waals surface area contributed by atoms with Gasteiger partial charge >= 0.3 is 0 Å². The molecule has 0 saturated heterocycles. The van der Waals surface area contributed by atoms with E-state index in [0.717, 1.165) is 18.1 Å². The number of hydrogen-bond donors (Lipinski definition) is 1. The molecule has 1 N–H and O–H groups in total. The van der Waals surface area contributed by atoms with Crippen molar-refractivity contribution >= 4 is 11.7 Å². The molecule has 0 aromatic carbocycles. The van der Waals surface area contributed by atoms with Crippen molar-refractivity contribution in [3.05, 3.63) is 0 Å². The summed E-state index contributed by atoms with van der Waals surface area (Å²) in [6.07, 6.45) is 1.27. The summed E-state index contributed by atoms with van der Waals surface area (Å²) in [5.41, 5.74) is 0. The van der Waals surface area contributed by atoms with E-state index in [0.29, 0.717) is 0 Å². The van der Waals surface area contributed by atoms with E-state index in [4.69, 9.17) is 0 Å². The molecule has 1 rings (SSSR count). The third kappa shape index (κ3) is 1.56. The summed E-state index contributed by atoms with van der Waals surface area (Å²) >= 11 is 0. The molecule has 10 heavy (non-hydrogen) atoms. The molecule has 1 aliphatic rings. The fourth-order valence-electron chi connectivity index (χ4n) is 0.996. The number of hydrogen-bond acceptors (Lipinski definition) is 3. The average molecular weight is 139 g/mol. The molecule has 0 radical (unpaired) electrons. The molecule has 1 aliphatic heterocycles. The highest BCUT2D eigenvalue weighted by Gasteiger charge is 2.08. The first-order valence-corrected chi connectivity index (χ1v) is 3.58. The molecule has 3 heteroatoms. The minimum atomic E-state index is 0.248. The van der Waals surface area contributed by atoms with Gasteiger partial charge in [-0.15, -0.1) is 0 Å². The SMILES string of the molecule is CCC1N=C(C)N=C(C)N1. The van der Waals surface area contributed by atoms with Gasteiger partial charge in [-0.1, -0.05) is 6.92 Å². The maximum atomic E-state index is 4.27. The normalized spacial score (nSPS) is 24.9. The van der Waals surface area contributed by atoms with E-state index in [1.54, 1.807) is 0 Å². The molecule has 0 spiro atoms. The molecule has 1 heterocycles. The molecule has 1 unspecified atom stereocenters. The highest BCUT2D eigenvalue weighted by atomic mass is 15.2. The molecule has 3 nitrogen and oxygen atoms in total. The topological polar surface area (TPSA) is 36.8 Å².